The molecule has 8 nitrogen and oxygen atoms in total. The lowest BCUT2D eigenvalue weighted by molar-refractivity contribution is -0.175. The molecule has 0 bridgehead atoms. The van der Waals surface area contributed by atoms with E-state index in [1.807, 2.05) is 0 Å². The Hall–Kier alpha value is -2.12. The molecule has 1 fully saturated rings. The molecule has 0 heterocycles. The van der Waals surface area contributed by atoms with E-state index in [0.29, 0.717) is 12.8 Å². The number of rotatable bonds is 6. The first kappa shape index (κ1) is 18.9. The first-order chi connectivity index (χ1) is 10.7. The van der Waals surface area contributed by atoms with Crippen molar-refractivity contribution in [3.63, 3.8) is 0 Å². The van der Waals surface area contributed by atoms with Gasteiger partial charge in [-0.2, -0.15) is 0 Å². The number of hydrogen-bond acceptors (Lipinski definition) is 8. The van der Waals surface area contributed by atoms with E-state index in [-0.39, 0.29) is 12.5 Å². The smallest absolute Gasteiger partial charge is 0.303 e. The summed E-state index contributed by atoms with van der Waals surface area (Å²) >= 11 is 0. The van der Waals surface area contributed by atoms with E-state index in [4.69, 9.17) is 18.9 Å². The average Bonchev–Trinajstić information content (AvgIpc) is 2.66. The molecule has 0 unspecified atom stereocenters. The maximum absolute atomic E-state index is 11.3. The molecule has 0 radical (unpaired) electrons. The summed E-state index contributed by atoms with van der Waals surface area (Å²) in [6, 6.07) is 0. The summed E-state index contributed by atoms with van der Waals surface area (Å²) in [6.45, 7) is 5.14. The Morgan fingerprint density at radius 3 is 1.78 bits per heavy atom. The van der Waals surface area contributed by atoms with Crippen LogP contribution in [0.1, 0.15) is 40.5 Å². The summed E-state index contributed by atoms with van der Waals surface area (Å²) in [6.07, 6.45) is -1.59. The van der Waals surface area contributed by atoms with E-state index < -0.39 is 42.2 Å². The molecule has 0 aliphatic heterocycles. The zero-order chi connectivity index (χ0) is 17.6. The highest BCUT2D eigenvalue weighted by Gasteiger charge is 2.49. The Morgan fingerprint density at radius 2 is 1.30 bits per heavy atom. The maximum atomic E-state index is 11.3. The average molecular weight is 330 g/mol. The molecule has 0 spiro atoms. The van der Waals surface area contributed by atoms with Crippen molar-refractivity contribution in [3.8, 4) is 0 Å². The fourth-order valence-electron chi connectivity index (χ4n) is 2.70. The molecule has 8 heteroatoms. The Kier molecular flexibility index (Phi) is 6.99. The Balaban J connectivity index is 2.88. The van der Waals surface area contributed by atoms with Crippen LogP contribution in [0, 0.1) is 5.92 Å². The molecule has 0 aromatic heterocycles. The SMILES string of the molecule is CC(=O)OCC[C@H]1C[C@H](OC(C)=O)[C@H](OC(C)=O)[C@H]1OC(C)=O. The van der Waals surface area contributed by atoms with Gasteiger partial charge in [-0.05, 0) is 12.8 Å². The summed E-state index contributed by atoms with van der Waals surface area (Å²) in [7, 11) is 0. The number of esters is 4. The molecule has 0 amide bonds. The minimum Gasteiger partial charge on any atom is -0.466 e. The van der Waals surface area contributed by atoms with E-state index >= 15 is 0 Å². The third-order valence-corrected chi connectivity index (χ3v) is 3.41. The van der Waals surface area contributed by atoms with E-state index in [2.05, 4.69) is 0 Å². The van der Waals surface area contributed by atoms with Crippen LogP contribution in [0.4, 0.5) is 0 Å². The summed E-state index contributed by atoms with van der Waals surface area (Å²) < 4.78 is 20.5. The van der Waals surface area contributed by atoms with Crippen LogP contribution in [0.2, 0.25) is 0 Å². The van der Waals surface area contributed by atoms with Crippen LogP contribution < -0.4 is 0 Å². The molecule has 4 atom stereocenters. The van der Waals surface area contributed by atoms with Crippen LogP contribution in [0.5, 0.6) is 0 Å². The lowest BCUT2D eigenvalue weighted by Crippen LogP contribution is -2.40. The van der Waals surface area contributed by atoms with Gasteiger partial charge in [0.05, 0.1) is 6.61 Å². The Bertz CT molecular complexity index is 472. The van der Waals surface area contributed by atoms with Gasteiger partial charge >= 0.3 is 23.9 Å². The van der Waals surface area contributed by atoms with Crippen molar-refractivity contribution in [2.45, 2.75) is 58.8 Å². The monoisotopic (exact) mass is 330 g/mol. The van der Waals surface area contributed by atoms with Gasteiger partial charge in [-0.25, -0.2) is 0 Å². The van der Waals surface area contributed by atoms with Crippen LogP contribution in [-0.2, 0) is 38.1 Å². The van der Waals surface area contributed by atoms with Crippen molar-refractivity contribution in [1.82, 2.24) is 0 Å². The van der Waals surface area contributed by atoms with Gasteiger partial charge < -0.3 is 18.9 Å². The van der Waals surface area contributed by atoms with Crippen molar-refractivity contribution in [3.05, 3.63) is 0 Å². The second kappa shape index (κ2) is 8.50. The molecule has 0 saturated heterocycles. The van der Waals surface area contributed by atoms with Crippen LogP contribution in [0.15, 0.2) is 0 Å². The van der Waals surface area contributed by atoms with Crippen molar-refractivity contribution in [1.29, 1.82) is 0 Å². The quantitative estimate of drug-likeness (QED) is 0.519. The lowest BCUT2D eigenvalue weighted by atomic mass is 10.0. The zero-order valence-electron chi connectivity index (χ0n) is 13.7. The van der Waals surface area contributed by atoms with Gasteiger partial charge in [-0.15, -0.1) is 0 Å². The molecule has 0 aromatic carbocycles. The standard InChI is InChI=1S/C15H22O8/c1-8(16)20-6-5-12-7-13(21-9(2)17)15(23-11(4)19)14(12)22-10(3)18/h12-15H,5-7H2,1-4H3/t12-,13-,14-,15-/m0/s1. The number of carbonyl (C=O) groups is 4. The minimum atomic E-state index is -0.873. The van der Waals surface area contributed by atoms with Crippen molar-refractivity contribution >= 4 is 23.9 Å². The molecule has 1 aliphatic carbocycles. The number of ether oxygens (including phenoxy) is 4. The molecular weight excluding hydrogens is 308 g/mol. The predicted molar refractivity (Wildman–Crippen MR) is 76.0 cm³/mol. The summed E-state index contributed by atoms with van der Waals surface area (Å²) in [5, 5.41) is 0. The fraction of sp³-hybridized carbons (Fsp3) is 0.733. The topological polar surface area (TPSA) is 105 Å². The third-order valence-electron chi connectivity index (χ3n) is 3.41. The minimum absolute atomic E-state index is 0.136. The highest BCUT2D eigenvalue weighted by Crippen LogP contribution is 2.36. The zero-order valence-corrected chi connectivity index (χ0v) is 13.7. The molecule has 1 rings (SSSR count). The second-order valence-electron chi connectivity index (χ2n) is 5.42. The van der Waals surface area contributed by atoms with Crippen molar-refractivity contribution in [2.24, 2.45) is 5.92 Å². The van der Waals surface area contributed by atoms with Gasteiger partial charge in [0.15, 0.2) is 6.10 Å². The summed E-state index contributed by atoms with van der Waals surface area (Å²) in [5.74, 6) is -2.29. The van der Waals surface area contributed by atoms with Gasteiger partial charge in [0.2, 0.25) is 0 Å². The van der Waals surface area contributed by atoms with E-state index in [1.165, 1.54) is 27.7 Å². The fourth-order valence-corrected chi connectivity index (χ4v) is 2.70. The Morgan fingerprint density at radius 1 is 0.783 bits per heavy atom. The molecule has 23 heavy (non-hydrogen) atoms. The molecule has 1 aliphatic rings. The summed E-state index contributed by atoms with van der Waals surface area (Å²) in [4.78, 5) is 44.7. The highest BCUT2D eigenvalue weighted by atomic mass is 16.6. The lowest BCUT2D eigenvalue weighted by Gasteiger charge is -2.25. The van der Waals surface area contributed by atoms with Gasteiger partial charge in [0.1, 0.15) is 12.2 Å². The second-order valence-corrected chi connectivity index (χ2v) is 5.42. The van der Waals surface area contributed by atoms with Gasteiger partial charge in [-0.1, -0.05) is 0 Å². The largest absolute Gasteiger partial charge is 0.466 e. The Labute approximate surface area is 134 Å². The van der Waals surface area contributed by atoms with Crippen molar-refractivity contribution in [2.75, 3.05) is 6.61 Å². The van der Waals surface area contributed by atoms with E-state index in [9.17, 15) is 19.2 Å². The van der Waals surface area contributed by atoms with Gasteiger partial charge in [0.25, 0.3) is 0 Å². The molecule has 0 aromatic rings. The van der Waals surface area contributed by atoms with Gasteiger partial charge in [0, 0.05) is 33.6 Å². The number of hydrogen-bond donors (Lipinski definition) is 0. The van der Waals surface area contributed by atoms with Crippen molar-refractivity contribution < 1.29 is 38.1 Å². The van der Waals surface area contributed by atoms with E-state index in [0.717, 1.165) is 0 Å². The third kappa shape index (κ3) is 6.25. The normalized spacial score (nSPS) is 26.3. The first-order valence-electron chi connectivity index (χ1n) is 7.35. The van der Waals surface area contributed by atoms with Crippen LogP contribution in [0.3, 0.4) is 0 Å². The molecule has 0 N–H and O–H groups in total. The van der Waals surface area contributed by atoms with Crippen LogP contribution >= 0.6 is 0 Å². The predicted octanol–water partition coefficient (Wildman–Crippen LogP) is 0.755. The first-order valence-corrected chi connectivity index (χ1v) is 7.35. The van der Waals surface area contributed by atoms with Crippen LogP contribution in [0.25, 0.3) is 0 Å². The molecular formula is C15H22O8. The maximum Gasteiger partial charge on any atom is 0.303 e. The molecule has 1 saturated carbocycles. The number of carbonyl (C=O) groups excluding carboxylic acids is 4. The molecule has 130 valence electrons. The van der Waals surface area contributed by atoms with Crippen LogP contribution in [-0.4, -0.2) is 48.8 Å². The highest BCUT2D eigenvalue weighted by molar-refractivity contribution is 5.68. The van der Waals surface area contributed by atoms with Gasteiger partial charge in [-0.3, -0.25) is 19.2 Å². The summed E-state index contributed by atoms with van der Waals surface area (Å²) in [5.41, 5.74) is 0. The van der Waals surface area contributed by atoms with E-state index in [1.54, 1.807) is 0 Å².